The molecule has 0 amide bonds. The second-order valence-corrected chi connectivity index (χ2v) is 3.45. The van der Waals surface area contributed by atoms with Crippen LogP contribution in [-0.2, 0) is 22.5 Å². The van der Waals surface area contributed by atoms with Gasteiger partial charge in [0.2, 0.25) is 0 Å². The summed E-state index contributed by atoms with van der Waals surface area (Å²) < 4.78 is 4.58. The lowest BCUT2D eigenvalue weighted by Gasteiger charge is -2.09. The lowest BCUT2D eigenvalue weighted by atomic mass is 9.96. The van der Waals surface area contributed by atoms with E-state index >= 15 is 0 Å². The number of methoxy groups -OCH3 is 1. The fourth-order valence-electron chi connectivity index (χ4n) is 1.56. The summed E-state index contributed by atoms with van der Waals surface area (Å²) in [6.45, 7) is 2.22. The van der Waals surface area contributed by atoms with E-state index in [1.54, 1.807) is 6.07 Å². The Morgan fingerprint density at radius 2 is 2.12 bits per heavy atom. The van der Waals surface area contributed by atoms with Crippen LogP contribution >= 0.6 is 0 Å². The molecule has 0 fully saturated rings. The van der Waals surface area contributed by atoms with Gasteiger partial charge in [0.25, 0.3) is 0 Å². The van der Waals surface area contributed by atoms with E-state index in [0.717, 1.165) is 11.1 Å². The number of rotatable bonds is 3. The molecule has 0 unspecified atom stereocenters. The number of benzene rings is 1. The van der Waals surface area contributed by atoms with Gasteiger partial charge >= 0.3 is 5.97 Å². The Morgan fingerprint density at radius 1 is 1.50 bits per heavy atom. The number of nitrogens with two attached hydrogens (primary N) is 1. The molecule has 0 bridgehead atoms. The van der Waals surface area contributed by atoms with Crippen LogP contribution in [0.25, 0.3) is 0 Å². The minimum Gasteiger partial charge on any atom is -0.469 e. The molecule has 0 radical (unpaired) electrons. The maximum absolute atomic E-state index is 11.2. The van der Waals surface area contributed by atoms with Gasteiger partial charge < -0.3 is 10.5 Å². The summed E-state index contributed by atoms with van der Waals surface area (Å²) in [4.78, 5) is 11.2. The Hall–Kier alpha value is -1.86. The van der Waals surface area contributed by atoms with Gasteiger partial charge in [-0.1, -0.05) is 12.1 Å². The topological polar surface area (TPSA) is 76.1 Å². The first kappa shape index (κ1) is 12.2. The van der Waals surface area contributed by atoms with Crippen molar-refractivity contribution in [3.05, 3.63) is 34.4 Å². The van der Waals surface area contributed by atoms with E-state index in [0.29, 0.717) is 17.7 Å². The van der Waals surface area contributed by atoms with E-state index < -0.39 is 0 Å². The van der Waals surface area contributed by atoms with E-state index in [9.17, 15) is 4.79 Å². The quantitative estimate of drug-likeness (QED) is 0.769. The first-order chi connectivity index (χ1) is 7.63. The van der Waals surface area contributed by atoms with Crippen molar-refractivity contribution >= 4 is 5.97 Å². The molecule has 0 spiro atoms. The highest BCUT2D eigenvalue weighted by Gasteiger charge is 2.12. The third-order valence-electron chi connectivity index (χ3n) is 2.56. The molecule has 84 valence electrons. The molecule has 0 heterocycles. The third kappa shape index (κ3) is 2.38. The number of hydrogen-bond donors (Lipinski definition) is 1. The molecule has 16 heavy (non-hydrogen) atoms. The van der Waals surface area contributed by atoms with Gasteiger partial charge in [0.15, 0.2) is 0 Å². The molecule has 2 N–H and O–H groups in total. The summed E-state index contributed by atoms with van der Waals surface area (Å²) in [5.41, 5.74) is 8.52. The van der Waals surface area contributed by atoms with Crippen molar-refractivity contribution in [3.8, 4) is 6.07 Å². The van der Waals surface area contributed by atoms with Crippen LogP contribution in [0.15, 0.2) is 12.1 Å². The molecule has 4 nitrogen and oxygen atoms in total. The average molecular weight is 218 g/mol. The standard InChI is InChI=1S/C12H14N2O2/c1-8-10(6-13)4-3-9(11(8)7-14)5-12(15)16-2/h3-4H,5-6,13H2,1-2H3. The highest BCUT2D eigenvalue weighted by molar-refractivity contribution is 5.73. The van der Waals surface area contributed by atoms with Gasteiger partial charge in [-0.05, 0) is 23.6 Å². The number of hydrogen-bond acceptors (Lipinski definition) is 4. The second-order valence-electron chi connectivity index (χ2n) is 3.45. The molecular weight excluding hydrogens is 204 g/mol. The zero-order valence-corrected chi connectivity index (χ0v) is 9.41. The summed E-state index contributed by atoms with van der Waals surface area (Å²) in [5.74, 6) is -0.351. The van der Waals surface area contributed by atoms with E-state index in [1.807, 2.05) is 13.0 Å². The van der Waals surface area contributed by atoms with E-state index in [1.165, 1.54) is 7.11 Å². The molecule has 4 heteroatoms. The monoisotopic (exact) mass is 218 g/mol. The molecule has 0 saturated carbocycles. The van der Waals surface area contributed by atoms with Crippen LogP contribution in [-0.4, -0.2) is 13.1 Å². The van der Waals surface area contributed by atoms with Gasteiger partial charge in [-0.25, -0.2) is 0 Å². The second kappa shape index (κ2) is 5.29. The van der Waals surface area contributed by atoms with Crippen molar-refractivity contribution in [1.82, 2.24) is 0 Å². The van der Waals surface area contributed by atoms with Crippen LogP contribution in [0, 0.1) is 18.3 Å². The summed E-state index contributed by atoms with van der Waals surface area (Å²) >= 11 is 0. The summed E-state index contributed by atoms with van der Waals surface area (Å²) in [5, 5.41) is 9.06. The Morgan fingerprint density at radius 3 is 2.62 bits per heavy atom. The minimum atomic E-state index is -0.351. The van der Waals surface area contributed by atoms with Crippen LogP contribution in [0.5, 0.6) is 0 Å². The number of nitrogens with zero attached hydrogens (tertiary/aromatic N) is 1. The van der Waals surface area contributed by atoms with Gasteiger partial charge in [0.05, 0.1) is 25.2 Å². The predicted molar refractivity (Wildman–Crippen MR) is 59.5 cm³/mol. The lowest BCUT2D eigenvalue weighted by Crippen LogP contribution is -2.09. The summed E-state index contributed by atoms with van der Waals surface area (Å²) in [6.07, 6.45) is 0.116. The van der Waals surface area contributed by atoms with Gasteiger partial charge in [0, 0.05) is 6.54 Å². The van der Waals surface area contributed by atoms with Crippen LogP contribution in [0.2, 0.25) is 0 Å². The van der Waals surface area contributed by atoms with Gasteiger partial charge in [-0.3, -0.25) is 4.79 Å². The Bertz CT molecular complexity index is 447. The van der Waals surface area contributed by atoms with Crippen molar-refractivity contribution in [2.45, 2.75) is 19.9 Å². The number of esters is 1. The lowest BCUT2D eigenvalue weighted by molar-refractivity contribution is -0.139. The zero-order chi connectivity index (χ0) is 12.1. The van der Waals surface area contributed by atoms with Crippen molar-refractivity contribution in [2.75, 3.05) is 7.11 Å². The van der Waals surface area contributed by atoms with Crippen LogP contribution in [0.4, 0.5) is 0 Å². The van der Waals surface area contributed by atoms with Crippen molar-refractivity contribution in [1.29, 1.82) is 5.26 Å². The van der Waals surface area contributed by atoms with Crippen molar-refractivity contribution in [2.24, 2.45) is 5.73 Å². The maximum Gasteiger partial charge on any atom is 0.310 e. The molecule has 0 aromatic heterocycles. The SMILES string of the molecule is COC(=O)Cc1ccc(CN)c(C)c1C#N. The van der Waals surface area contributed by atoms with Crippen molar-refractivity contribution < 1.29 is 9.53 Å². The van der Waals surface area contributed by atoms with Crippen LogP contribution in [0.3, 0.4) is 0 Å². The minimum absolute atomic E-state index is 0.116. The van der Waals surface area contributed by atoms with Crippen LogP contribution in [0.1, 0.15) is 22.3 Å². The van der Waals surface area contributed by atoms with Crippen LogP contribution < -0.4 is 5.73 Å². The largest absolute Gasteiger partial charge is 0.469 e. The van der Waals surface area contributed by atoms with E-state index in [2.05, 4.69) is 10.8 Å². The fourth-order valence-corrected chi connectivity index (χ4v) is 1.56. The molecule has 1 rings (SSSR count). The highest BCUT2D eigenvalue weighted by Crippen LogP contribution is 2.18. The Labute approximate surface area is 94.6 Å². The number of carbonyl (C=O) groups excluding carboxylic acids is 1. The predicted octanol–water partition coefficient (Wildman–Crippen LogP) is 1.04. The first-order valence-electron chi connectivity index (χ1n) is 4.92. The number of ether oxygens (including phenoxy) is 1. The molecule has 1 aromatic rings. The molecule has 0 aliphatic carbocycles. The van der Waals surface area contributed by atoms with Gasteiger partial charge in [-0.2, -0.15) is 5.26 Å². The highest BCUT2D eigenvalue weighted by atomic mass is 16.5. The Kier molecular flexibility index (Phi) is 4.03. The number of nitriles is 1. The number of carbonyl (C=O) groups is 1. The van der Waals surface area contributed by atoms with E-state index in [4.69, 9.17) is 11.0 Å². The zero-order valence-electron chi connectivity index (χ0n) is 9.41. The fraction of sp³-hybridized carbons (Fsp3) is 0.333. The average Bonchev–Trinajstić information content (AvgIpc) is 2.29. The smallest absolute Gasteiger partial charge is 0.310 e. The molecular formula is C12H14N2O2. The summed E-state index contributed by atoms with van der Waals surface area (Å²) in [6, 6.07) is 5.70. The van der Waals surface area contributed by atoms with Crippen molar-refractivity contribution in [3.63, 3.8) is 0 Å². The van der Waals surface area contributed by atoms with E-state index in [-0.39, 0.29) is 12.4 Å². The molecule has 0 aliphatic heterocycles. The normalized spacial score (nSPS) is 9.62. The molecule has 0 saturated heterocycles. The molecule has 0 atom stereocenters. The van der Waals surface area contributed by atoms with Gasteiger partial charge in [-0.15, -0.1) is 0 Å². The third-order valence-corrected chi connectivity index (χ3v) is 2.56. The summed E-state index contributed by atoms with van der Waals surface area (Å²) in [7, 11) is 1.33. The van der Waals surface area contributed by atoms with Gasteiger partial charge in [0.1, 0.15) is 0 Å². The first-order valence-corrected chi connectivity index (χ1v) is 4.92. The Balaban J connectivity index is 3.17. The molecule has 0 aliphatic rings. The maximum atomic E-state index is 11.2. The molecule has 1 aromatic carbocycles.